The number of nitrogens with zero attached hydrogens (tertiary/aromatic N) is 4. The summed E-state index contributed by atoms with van der Waals surface area (Å²) in [4.78, 5) is 39.3. The van der Waals surface area contributed by atoms with Gasteiger partial charge in [-0.15, -0.1) is 10.2 Å². The van der Waals surface area contributed by atoms with Crippen LogP contribution in [0, 0.1) is 16.7 Å². The number of carbonyl (C=O) groups excluding carboxylic acids is 2. The number of carboxylic acids is 1. The molecular weight excluding hydrogens is 596 g/mol. The number of nitrogens with one attached hydrogen (secondary N) is 1. The molecular formula is C29H25ClN6O4S2. The number of thioether (sulfide) groups is 1. The van der Waals surface area contributed by atoms with Crippen LogP contribution in [0.2, 0.25) is 5.02 Å². The molecule has 2 aliphatic rings. The summed E-state index contributed by atoms with van der Waals surface area (Å²) in [5.74, 6) is -2.19. The van der Waals surface area contributed by atoms with Gasteiger partial charge in [-0.2, -0.15) is 5.26 Å². The number of nitriles is 1. The Morgan fingerprint density at radius 2 is 2.00 bits per heavy atom. The molecule has 0 spiro atoms. The molecule has 2 heterocycles. The van der Waals surface area contributed by atoms with E-state index in [4.69, 9.17) is 17.3 Å². The summed E-state index contributed by atoms with van der Waals surface area (Å²) >= 11 is 8.57. The fraction of sp³-hybridized carbons (Fsp3) is 0.241. The van der Waals surface area contributed by atoms with Crippen molar-refractivity contribution >= 4 is 63.2 Å². The largest absolute Gasteiger partial charge is 0.478 e. The van der Waals surface area contributed by atoms with Gasteiger partial charge in [0, 0.05) is 22.7 Å². The van der Waals surface area contributed by atoms with Crippen LogP contribution in [-0.2, 0) is 9.59 Å². The second kappa shape index (κ2) is 11.6. The number of aromatic nitrogens is 2. The third-order valence-corrected chi connectivity index (χ3v) is 9.19. The standard InChI is InChI=1S/C29H25ClN6O4S2/c1-29(2)11-20-24(21(37)12-29)23(15-6-5-7-16(30)10-15)18(13-31)25(32)36(20)27-34-35-28(42-27)41-14-22(38)33-19-9-4-3-8-17(19)26(39)40/h3-10,23H,11-12,14,32H2,1-2H3,(H,33,38)(H,39,40). The van der Waals surface area contributed by atoms with Crippen LogP contribution in [0.5, 0.6) is 0 Å². The van der Waals surface area contributed by atoms with Crippen LogP contribution in [0.4, 0.5) is 10.8 Å². The molecule has 1 aliphatic heterocycles. The molecule has 0 bridgehead atoms. The van der Waals surface area contributed by atoms with Crippen LogP contribution in [0.1, 0.15) is 48.5 Å². The van der Waals surface area contributed by atoms with E-state index >= 15 is 0 Å². The van der Waals surface area contributed by atoms with Gasteiger partial charge >= 0.3 is 5.97 Å². The van der Waals surface area contributed by atoms with Crippen LogP contribution < -0.4 is 16.0 Å². The zero-order valence-electron chi connectivity index (χ0n) is 22.6. The number of aromatic carboxylic acids is 1. The van der Waals surface area contributed by atoms with Crippen molar-refractivity contribution in [2.45, 2.75) is 36.9 Å². The minimum absolute atomic E-state index is 0.0141. The number of anilines is 2. The summed E-state index contributed by atoms with van der Waals surface area (Å²) in [6, 6.07) is 15.4. The van der Waals surface area contributed by atoms with Crippen LogP contribution in [0.3, 0.4) is 0 Å². The average molecular weight is 621 g/mol. The van der Waals surface area contributed by atoms with Gasteiger partial charge in [-0.05, 0) is 41.7 Å². The van der Waals surface area contributed by atoms with Crippen molar-refractivity contribution in [2.24, 2.45) is 11.1 Å². The Morgan fingerprint density at radius 3 is 2.71 bits per heavy atom. The number of carboxylic acid groups (broad SMARTS) is 1. The smallest absolute Gasteiger partial charge is 0.337 e. The maximum absolute atomic E-state index is 13.6. The molecule has 42 heavy (non-hydrogen) atoms. The molecule has 1 unspecified atom stereocenters. The summed E-state index contributed by atoms with van der Waals surface area (Å²) in [5, 5.41) is 31.6. The second-order valence-electron chi connectivity index (χ2n) is 10.6. The lowest BCUT2D eigenvalue weighted by molar-refractivity contribution is -0.118. The molecule has 5 rings (SSSR count). The lowest BCUT2D eigenvalue weighted by Gasteiger charge is -2.42. The van der Waals surface area contributed by atoms with Gasteiger partial charge in [-0.1, -0.05) is 72.8 Å². The average Bonchev–Trinajstić information content (AvgIpc) is 3.39. The van der Waals surface area contributed by atoms with Gasteiger partial charge in [0.2, 0.25) is 11.0 Å². The predicted octanol–water partition coefficient (Wildman–Crippen LogP) is 5.56. The summed E-state index contributed by atoms with van der Waals surface area (Å²) in [7, 11) is 0. The van der Waals surface area contributed by atoms with Crippen molar-refractivity contribution in [1.29, 1.82) is 5.26 Å². The Kier molecular flexibility index (Phi) is 8.10. The van der Waals surface area contributed by atoms with Gasteiger partial charge in [0.25, 0.3) is 0 Å². The van der Waals surface area contributed by atoms with E-state index in [2.05, 4.69) is 21.6 Å². The topological polar surface area (TPSA) is 162 Å². The summed E-state index contributed by atoms with van der Waals surface area (Å²) in [5.41, 5.74) is 8.54. The maximum Gasteiger partial charge on any atom is 0.337 e. The first kappa shape index (κ1) is 29.3. The molecule has 1 aromatic heterocycles. The SMILES string of the molecule is CC1(C)CC(=O)C2=C(C1)N(c1nnc(SCC(=O)Nc3ccccc3C(=O)O)s1)C(N)=C(C#N)C2c1cccc(Cl)c1. The number of halogens is 1. The number of allylic oxidation sites excluding steroid dienone is 3. The monoisotopic (exact) mass is 620 g/mol. The van der Waals surface area contributed by atoms with Crippen molar-refractivity contribution in [1.82, 2.24) is 10.2 Å². The zero-order chi connectivity index (χ0) is 30.2. The Hall–Kier alpha value is -4.18. The van der Waals surface area contributed by atoms with Crippen LogP contribution in [0.15, 0.2) is 75.5 Å². The van der Waals surface area contributed by atoms with Crippen LogP contribution in [-0.4, -0.2) is 38.7 Å². The minimum Gasteiger partial charge on any atom is -0.478 e. The first-order valence-corrected chi connectivity index (χ1v) is 15.0. The molecule has 4 N–H and O–H groups in total. The highest BCUT2D eigenvalue weighted by Gasteiger charge is 2.45. The van der Waals surface area contributed by atoms with Crippen molar-refractivity contribution in [3.63, 3.8) is 0 Å². The number of rotatable bonds is 7. The number of carbonyl (C=O) groups is 3. The molecule has 3 aromatic rings. The third-order valence-electron chi connectivity index (χ3n) is 6.91. The first-order valence-electron chi connectivity index (χ1n) is 12.8. The Morgan fingerprint density at radius 1 is 1.24 bits per heavy atom. The molecule has 2 aromatic carbocycles. The summed E-state index contributed by atoms with van der Waals surface area (Å²) in [6.45, 7) is 4.01. The van der Waals surface area contributed by atoms with Crippen molar-refractivity contribution < 1.29 is 19.5 Å². The van der Waals surface area contributed by atoms with E-state index in [9.17, 15) is 24.8 Å². The number of nitrogens with two attached hydrogens (primary N) is 1. The normalized spacial score (nSPS) is 18.0. The fourth-order valence-corrected chi connectivity index (χ4v) is 7.07. The van der Waals surface area contributed by atoms with Crippen LogP contribution >= 0.6 is 34.7 Å². The van der Waals surface area contributed by atoms with Gasteiger partial charge in [-0.3, -0.25) is 14.5 Å². The quantitative estimate of drug-likeness (QED) is 0.285. The maximum atomic E-state index is 13.6. The van der Waals surface area contributed by atoms with Gasteiger partial charge in [0.1, 0.15) is 5.82 Å². The van der Waals surface area contributed by atoms with Crippen molar-refractivity contribution in [3.8, 4) is 6.07 Å². The number of Topliss-reactive ketones (excluding diaryl/α,β-unsaturated/α-hetero) is 1. The van der Waals surface area contributed by atoms with Crippen LogP contribution in [0.25, 0.3) is 0 Å². The predicted molar refractivity (Wildman–Crippen MR) is 161 cm³/mol. The van der Waals surface area contributed by atoms with Crippen molar-refractivity contribution in [2.75, 3.05) is 16.0 Å². The summed E-state index contributed by atoms with van der Waals surface area (Å²) in [6.07, 6.45) is 0.824. The molecule has 0 saturated carbocycles. The molecule has 214 valence electrons. The summed E-state index contributed by atoms with van der Waals surface area (Å²) < 4.78 is 0.457. The van der Waals surface area contributed by atoms with Gasteiger partial charge in [0.05, 0.1) is 34.6 Å². The molecule has 1 aliphatic carbocycles. The zero-order valence-corrected chi connectivity index (χ0v) is 24.9. The Bertz CT molecular complexity index is 1720. The number of hydrogen-bond donors (Lipinski definition) is 3. The molecule has 0 fully saturated rings. The lowest BCUT2D eigenvalue weighted by Crippen LogP contribution is -2.42. The lowest BCUT2D eigenvalue weighted by atomic mass is 9.69. The van der Waals surface area contributed by atoms with E-state index in [-0.39, 0.29) is 39.6 Å². The van der Waals surface area contributed by atoms with E-state index in [1.807, 2.05) is 19.9 Å². The molecule has 10 nitrogen and oxygen atoms in total. The number of amides is 1. The van der Waals surface area contributed by atoms with Crippen molar-refractivity contribution in [3.05, 3.63) is 87.3 Å². The van der Waals surface area contributed by atoms with Gasteiger partial charge in [0.15, 0.2) is 10.1 Å². The highest BCUT2D eigenvalue weighted by atomic mass is 35.5. The van der Waals surface area contributed by atoms with E-state index < -0.39 is 17.8 Å². The fourth-order valence-electron chi connectivity index (χ4n) is 5.19. The number of ketones is 1. The highest BCUT2D eigenvalue weighted by Crippen LogP contribution is 2.51. The molecule has 1 atom stereocenters. The van der Waals surface area contributed by atoms with Gasteiger partial charge in [-0.25, -0.2) is 4.79 Å². The molecule has 0 radical (unpaired) electrons. The third kappa shape index (κ3) is 5.76. The van der Waals surface area contributed by atoms with E-state index in [1.54, 1.807) is 35.2 Å². The first-order chi connectivity index (χ1) is 20.0. The number of para-hydroxylation sites is 1. The minimum atomic E-state index is -1.15. The molecule has 1 amide bonds. The molecule has 0 saturated heterocycles. The molecule has 13 heteroatoms. The van der Waals surface area contributed by atoms with E-state index in [1.165, 1.54) is 23.5 Å². The second-order valence-corrected chi connectivity index (χ2v) is 13.2. The number of hydrogen-bond acceptors (Lipinski definition) is 10. The Labute approximate surface area is 254 Å². The number of benzene rings is 2. The Balaban J connectivity index is 1.45. The van der Waals surface area contributed by atoms with Gasteiger partial charge < -0.3 is 16.2 Å². The van der Waals surface area contributed by atoms with E-state index in [0.717, 1.165) is 11.8 Å². The van der Waals surface area contributed by atoms with E-state index in [0.29, 0.717) is 44.2 Å². The highest BCUT2D eigenvalue weighted by molar-refractivity contribution is 8.01.